The van der Waals surface area contributed by atoms with E-state index in [9.17, 15) is 28.7 Å². The number of nitrogens with one attached hydrogen (secondary N) is 2. The maximum absolute atomic E-state index is 15.7. The van der Waals surface area contributed by atoms with Crippen molar-refractivity contribution in [3.05, 3.63) is 92.4 Å². The maximum Gasteiger partial charge on any atom is 0.305 e. The number of nitrogens with zero attached hydrogens (tertiary/aromatic N) is 2. The first kappa shape index (κ1) is 36.5. The standard InChI is InChI=1S/C37H46F2N4O5/c1-21(2)14-31(41-35(46)28-8-7-11-43(37(28)48)13-12-42(6)20-25-9-10-25)36(47)40-30(19-32(44)45)29-18-26(15-24(5)34(29)39)33-22(3)16-27(38)17-23(33)4/h7-8,11,15-18,21,25,30-31H,9-10,12-14,19-20H2,1-6H3,(H,40,47)(H,41,46)(H,44,45)/t30-,31-/m0/s1. The van der Waals surface area contributed by atoms with Crippen molar-refractivity contribution >= 4 is 17.8 Å². The number of amides is 2. The van der Waals surface area contributed by atoms with E-state index in [-0.39, 0.29) is 29.0 Å². The molecule has 0 saturated heterocycles. The highest BCUT2D eigenvalue weighted by atomic mass is 19.1. The van der Waals surface area contributed by atoms with Gasteiger partial charge in [0.15, 0.2) is 0 Å². The number of aliphatic carboxylic acids is 1. The minimum atomic E-state index is -1.29. The molecule has 1 heterocycles. The topological polar surface area (TPSA) is 121 Å². The van der Waals surface area contributed by atoms with Gasteiger partial charge in [-0.15, -0.1) is 0 Å². The second-order valence-electron chi connectivity index (χ2n) is 13.6. The molecule has 0 spiro atoms. The molecule has 0 bridgehead atoms. The Balaban J connectivity index is 1.59. The van der Waals surface area contributed by atoms with Gasteiger partial charge in [-0.05, 0) is 123 Å². The smallest absolute Gasteiger partial charge is 0.305 e. The van der Waals surface area contributed by atoms with E-state index in [1.165, 1.54) is 48.6 Å². The van der Waals surface area contributed by atoms with Gasteiger partial charge in [-0.25, -0.2) is 8.78 Å². The lowest BCUT2D eigenvalue weighted by molar-refractivity contribution is -0.137. The van der Waals surface area contributed by atoms with Crippen molar-refractivity contribution in [3.8, 4) is 11.1 Å². The number of pyridine rings is 1. The summed E-state index contributed by atoms with van der Waals surface area (Å²) in [6, 6.07) is 6.41. The molecule has 0 radical (unpaired) electrons. The Bertz CT molecular complexity index is 1710. The van der Waals surface area contributed by atoms with Crippen molar-refractivity contribution in [1.82, 2.24) is 20.1 Å². The van der Waals surface area contributed by atoms with Gasteiger partial charge in [0.2, 0.25) is 5.91 Å². The zero-order valence-corrected chi connectivity index (χ0v) is 28.5. The minimum absolute atomic E-state index is 0.0453. The molecule has 3 aromatic rings. The molecule has 1 saturated carbocycles. The highest BCUT2D eigenvalue weighted by molar-refractivity contribution is 5.97. The number of carboxylic acid groups (broad SMARTS) is 1. The van der Waals surface area contributed by atoms with E-state index in [0.29, 0.717) is 41.3 Å². The highest BCUT2D eigenvalue weighted by Gasteiger charge is 2.30. The lowest BCUT2D eigenvalue weighted by atomic mass is 9.90. The van der Waals surface area contributed by atoms with Crippen LogP contribution in [0.25, 0.3) is 11.1 Å². The molecule has 2 amide bonds. The Labute approximate surface area is 280 Å². The monoisotopic (exact) mass is 664 g/mol. The molecule has 4 rings (SSSR count). The number of rotatable bonds is 15. The summed E-state index contributed by atoms with van der Waals surface area (Å²) in [5.74, 6) is -3.17. The van der Waals surface area contributed by atoms with E-state index in [0.717, 1.165) is 6.54 Å². The van der Waals surface area contributed by atoms with E-state index < -0.39 is 53.5 Å². The van der Waals surface area contributed by atoms with E-state index >= 15 is 4.39 Å². The molecule has 0 unspecified atom stereocenters. The third-order valence-electron chi connectivity index (χ3n) is 8.72. The average molecular weight is 665 g/mol. The molecule has 1 aliphatic rings. The zero-order chi connectivity index (χ0) is 35.3. The number of carbonyl (C=O) groups excluding carboxylic acids is 2. The number of carbonyl (C=O) groups is 3. The summed E-state index contributed by atoms with van der Waals surface area (Å²) in [4.78, 5) is 54.6. The van der Waals surface area contributed by atoms with Crippen molar-refractivity contribution in [2.75, 3.05) is 20.1 Å². The second-order valence-corrected chi connectivity index (χ2v) is 13.6. The van der Waals surface area contributed by atoms with Crippen molar-refractivity contribution in [2.24, 2.45) is 11.8 Å². The average Bonchev–Trinajstić information content (AvgIpc) is 3.80. The second kappa shape index (κ2) is 15.7. The van der Waals surface area contributed by atoms with Gasteiger partial charge in [-0.2, -0.15) is 0 Å². The minimum Gasteiger partial charge on any atom is -0.481 e. The number of benzene rings is 2. The van der Waals surface area contributed by atoms with Gasteiger partial charge >= 0.3 is 5.97 Å². The van der Waals surface area contributed by atoms with Crippen LogP contribution in [-0.2, 0) is 16.1 Å². The number of aromatic nitrogens is 1. The fourth-order valence-corrected chi connectivity index (χ4v) is 6.18. The van der Waals surface area contributed by atoms with Gasteiger partial charge in [-0.1, -0.05) is 13.8 Å². The Morgan fingerprint density at radius 2 is 1.69 bits per heavy atom. The molecule has 48 heavy (non-hydrogen) atoms. The lowest BCUT2D eigenvalue weighted by Crippen LogP contribution is -2.49. The van der Waals surface area contributed by atoms with E-state index in [1.807, 2.05) is 20.9 Å². The largest absolute Gasteiger partial charge is 0.481 e. The molecule has 1 aromatic heterocycles. The molecule has 9 nitrogen and oxygen atoms in total. The van der Waals surface area contributed by atoms with Gasteiger partial charge in [0.1, 0.15) is 23.2 Å². The van der Waals surface area contributed by atoms with Gasteiger partial charge in [0.05, 0.1) is 12.5 Å². The predicted octanol–water partition coefficient (Wildman–Crippen LogP) is 5.54. The van der Waals surface area contributed by atoms with Crippen LogP contribution in [0.3, 0.4) is 0 Å². The van der Waals surface area contributed by atoms with Crippen LogP contribution in [0.4, 0.5) is 8.78 Å². The number of hydrogen-bond donors (Lipinski definition) is 3. The SMILES string of the molecule is Cc1cc(-c2c(C)cc(F)cc2C)cc([C@H](CC(=O)O)NC(=O)[C@H](CC(C)C)NC(=O)c2cccn(CCN(C)CC3CC3)c2=O)c1F. The highest BCUT2D eigenvalue weighted by Crippen LogP contribution is 2.34. The van der Waals surface area contributed by atoms with Gasteiger partial charge in [-0.3, -0.25) is 19.2 Å². The van der Waals surface area contributed by atoms with Crippen LogP contribution < -0.4 is 16.2 Å². The molecule has 11 heteroatoms. The number of likely N-dealkylation sites (N-methyl/N-ethyl adjacent to an activating group) is 1. The Morgan fingerprint density at radius 3 is 2.29 bits per heavy atom. The normalized spacial score (nSPS) is 14.2. The number of hydrogen-bond acceptors (Lipinski definition) is 5. The van der Waals surface area contributed by atoms with Gasteiger partial charge < -0.3 is 25.2 Å². The van der Waals surface area contributed by atoms with Crippen LogP contribution in [0.1, 0.15) is 78.2 Å². The van der Waals surface area contributed by atoms with E-state index in [2.05, 4.69) is 15.5 Å². The Morgan fingerprint density at radius 1 is 1.02 bits per heavy atom. The van der Waals surface area contributed by atoms with E-state index in [1.54, 1.807) is 32.2 Å². The molecular formula is C37H46F2N4O5. The number of aryl methyl sites for hydroxylation is 3. The first-order valence-corrected chi connectivity index (χ1v) is 16.4. The summed E-state index contributed by atoms with van der Waals surface area (Å²) in [5, 5.41) is 15.1. The zero-order valence-electron chi connectivity index (χ0n) is 28.5. The van der Waals surface area contributed by atoms with Crippen LogP contribution >= 0.6 is 0 Å². The Kier molecular flexibility index (Phi) is 11.9. The molecular weight excluding hydrogens is 618 g/mol. The van der Waals surface area contributed by atoms with Crippen LogP contribution in [-0.4, -0.2) is 58.5 Å². The first-order valence-electron chi connectivity index (χ1n) is 16.4. The quantitative estimate of drug-likeness (QED) is 0.196. The lowest BCUT2D eigenvalue weighted by Gasteiger charge is -2.25. The number of carboxylic acids is 1. The predicted molar refractivity (Wildman–Crippen MR) is 181 cm³/mol. The first-order chi connectivity index (χ1) is 22.6. The summed E-state index contributed by atoms with van der Waals surface area (Å²) < 4.78 is 31.2. The fourth-order valence-electron chi connectivity index (χ4n) is 6.18. The van der Waals surface area contributed by atoms with Crippen LogP contribution in [0.5, 0.6) is 0 Å². The van der Waals surface area contributed by atoms with Crippen LogP contribution in [0.2, 0.25) is 0 Å². The van der Waals surface area contributed by atoms with Crippen LogP contribution in [0, 0.1) is 44.2 Å². The maximum atomic E-state index is 15.7. The molecule has 2 aromatic carbocycles. The molecule has 1 aliphatic carbocycles. The molecule has 3 N–H and O–H groups in total. The molecule has 1 fully saturated rings. The summed E-state index contributed by atoms with van der Waals surface area (Å²) in [6.07, 6.45) is 3.61. The van der Waals surface area contributed by atoms with E-state index in [4.69, 9.17) is 0 Å². The third-order valence-corrected chi connectivity index (χ3v) is 8.72. The summed E-state index contributed by atoms with van der Waals surface area (Å²) >= 11 is 0. The van der Waals surface area contributed by atoms with Crippen molar-refractivity contribution < 1.29 is 28.3 Å². The Hall–Kier alpha value is -4.38. The fraction of sp³-hybridized carbons (Fsp3) is 0.459. The van der Waals surface area contributed by atoms with Crippen LogP contribution in [0.15, 0.2) is 47.4 Å². The molecule has 2 atom stereocenters. The van der Waals surface area contributed by atoms with Crippen molar-refractivity contribution in [3.63, 3.8) is 0 Å². The third kappa shape index (κ3) is 9.37. The van der Waals surface area contributed by atoms with Gasteiger partial charge in [0.25, 0.3) is 11.5 Å². The summed E-state index contributed by atoms with van der Waals surface area (Å²) in [7, 11) is 2.00. The van der Waals surface area contributed by atoms with Gasteiger partial charge in [0, 0.05) is 31.4 Å². The van der Waals surface area contributed by atoms with Crippen molar-refractivity contribution in [1.29, 1.82) is 0 Å². The summed E-state index contributed by atoms with van der Waals surface area (Å²) in [6.45, 7) is 10.7. The van der Waals surface area contributed by atoms with Crippen molar-refractivity contribution in [2.45, 2.75) is 78.9 Å². The molecule has 0 aliphatic heterocycles. The summed E-state index contributed by atoms with van der Waals surface area (Å²) in [5.41, 5.74) is 2.04. The number of halogens is 2. The molecule has 258 valence electrons.